The number of hydrogen-bond donors (Lipinski definition) is 2. The van der Waals surface area contributed by atoms with Gasteiger partial charge in [0.05, 0.1) is 6.10 Å². The SMILES string of the molecule is CC1OCCC1(O)CNCc1ccc(F)cc1F. The Kier molecular flexibility index (Phi) is 3.94. The van der Waals surface area contributed by atoms with Crippen molar-refractivity contribution in [2.24, 2.45) is 0 Å². The van der Waals surface area contributed by atoms with Gasteiger partial charge in [-0.25, -0.2) is 8.78 Å². The molecule has 1 aromatic rings. The molecule has 2 rings (SSSR count). The van der Waals surface area contributed by atoms with Gasteiger partial charge in [0.15, 0.2) is 0 Å². The van der Waals surface area contributed by atoms with Gasteiger partial charge in [0.1, 0.15) is 17.2 Å². The second-order valence-corrected chi connectivity index (χ2v) is 4.71. The molecular formula is C13H17F2NO2. The predicted molar refractivity (Wildman–Crippen MR) is 63.0 cm³/mol. The molecule has 0 saturated carbocycles. The monoisotopic (exact) mass is 257 g/mol. The van der Waals surface area contributed by atoms with Crippen molar-refractivity contribution in [1.82, 2.24) is 5.32 Å². The molecule has 2 unspecified atom stereocenters. The van der Waals surface area contributed by atoms with E-state index in [9.17, 15) is 13.9 Å². The van der Waals surface area contributed by atoms with Gasteiger partial charge in [0.2, 0.25) is 0 Å². The van der Waals surface area contributed by atoms with E-state index in [4.69, 9.17) is 4.74 Å². The zero-order chi connectivity index (χ0) is 13.2. The molecule has 1 heterocycles. The van der Waals surface area contributed by atoms with E-state index in [1.54, 1.807) is 0 Å². The maximum absolute atomic E-state index is 13.4. The molecule has 5 heteroatoms. The van der Waals surface area contributed by atoms with Crippen LogP contribution < -0.4 is 5.32 Å². The van der Waals surface area contributed by atoms with E-state index >= 15 is 0 Å². The van der Waals surface area contributed by atoms with Crippen LogP contribution in [0.2, 0.25) is 0 Å². The maximum atomic E-state index is 13.4. The van der Waals surface area contributed by atoms with Crippen LogP contribution >= 0.6 is 0 Å². The average molecular weight is 257 g/mol. The molecule has 0 amide bonds. The molecule has 2 atom stereocenters. The minimum Gasteiger partial charge on any atom is -0.386 e. The van der Waals surface area contributed by atoms with Gasteiger partial charge in [-0.2, -0.15) is 0 Å². The van der Waals surface area contributed by atoms with E-state index in [1.165, 1.54) is 12.1 Å². The van der Waals surface area contributed by atoms with Crippen molar-refractivity contribution in [2.45, 2.75) is 31.6 Å². The average Bonchev–Trinajstić information content (AvgIpc) is 2.63. The smallest absolute Gasteiger partial charge is 0.130 e. The molecular weight excluding hydrogens is 240 g/mol. The first-order chi connectivity index (χ1) is 8.51. The lowest BCUT2D eigenvalue weighted by atomic mass is 9.96. The summed E-state index contributed by atoms with van der Waals surface area (Å²) in [6.45, 7) is 2.92. The Hall–Kier alpha value is -1.04. The Morgan fingerprint density at radius 3 is 2.89 bits per heavy atom. The molecule has 18 heavy (non-hydrogen) atoms. The van der Waals surface area contributed by atoms with Crippen LogP contribution in [0, 0.1) is 11.6 Å². The molecule has 0 bridgehead atoms. The summed E-state index contributed by atoms with van der Waals surface area (Å²) in [6.07, 6.45) is 0.329. The van der Waals surface area contributed by atoms with Gasteiger partial charge < -0.3 is 15.2 Å². The Bertz CT molecular complexity index is 427. The first kappa shape index (κ1) is 13.4. The largest absolute Gasteiger partial charge is 0.386 e. The van der Waals surface area contributed by atoms with Crippen molar-refractivity contribution in [3.63, 3.8) is 0 Å². The number of hydrogen-bond acceptors (Lipinski definition) is 3. The van der Waals surface area contributed by atoms with Gasteiger partial charge in [-0.3, -0.25) is 0 Å². The van der Waals surface area contributed by atoms with Crippen LogP contribution in [-0.2, 0) is 11.3 Å². The van der Waals surface area contributed by atoms with Crippen LogP contribution in [0.4, 0.5) is 8.78 Å². The standard InChI is InChI=1S/C13H17F2NO2/c1-9-13(17,4-5-18-9)8-16-7-10-2-3-11(14)6-12(10)15/h2-3,6,9,16-17H,4-5,7-8H2,1H3. The topological polar surface area (TPSA) is 41.5 Å². The fourth-order valence-corrected chi connectivity index (χ4v) is 2.08. The zero-order valence-electron chi connectivity index (χ0n) is 10.2. The molecule has 2 N–H and O–H groups in total. The quantitative estimate of drug-likeness (QED) is 0.860. The summed E-state index contributed by atoms with van der Waals surface area (Å²) in [7, 11) is 0. The van der Waals surface area contributed by atoms with Crippen LogP contribution in [-0.4, -0.2) is 30.0 Å². The summed E-state index contributed by atoms with van der Waals surface area (Å²) < 4.78 is 31.4. The third kappa shape index (κ3) is 2.85. The second-order valence-electron chi connectivity index (χ2n) is 4.71. The van der Waals surface area contributed by atoms with Gasteiger partial charge in [-0.15, -0.1) is 0 Å². The molecule has 0 radical (unpaired) electrons. The Morgan fingerprint density at radius 1 is 1.50 bits per heavy atom. The van der Waals surface area contributed by atoms with Crippen molar-refractivity contribution in [3.8, 4) is 0 Å². The number of halogens is 2. The van der Waals surface area contributed by atoms with Gasteiger partial charge in [0, 0.05) is 37.7 Å². The summed E-state index contributed by atoms with van der Waals surface area (Å²) in [4.78, 5) is 0. The van der Waals surface area contributed by atoms with E-state index in [0.29, 0.717) is 25.1 Å². The lowest BCUT2D eigenvalue weighted by Crippen LogP contribution is -2.45. The number of aliphatic hydroxyl groups is 1. The molecule has 1 saturated heterocycles. The minimum atomic E-state index is -0.906. The number of rotatable bonds is 4. The van der Waals surface area contributed by atoms with E-state index in [1.807, 2.05) is 6.92 Å². The summed E-state index contributed by atoms with van der Waals surface area (Å²) in [6, 6.07) is 3.47. The van der Waals surface area contributed by atoms with Crippen molar-refractivity contribution in [3.05, 3.63) is 35.4 Å². The zero-order valence-corrected chi connectivity index (χ0v) is 10.2. The first-order valence-electron chi connectivity index (χ1n) is 6.00. The number of nitrogens with one attached hydrogen (secondary N) is 1. The molecule has 100 valence electrons. The Balaban J connectivity index is 1.88. The molecule has 1 aromatic carbocycles. The van der Waals surface area contributed by atoms with E-state index < -0.39 is 17.2 Å². The van der Waals surface area contributed by atoms with Crippen LogP contribution in [0.5, 0.6) is 0 Å². The fraction of sp³-hybridized carbons (Fsp3) is 0.538. The number of ether oxygens (including phenoxy) is 1. The molecule has 1 aliphatic rings. The summed E-state index contributed by atoms with van der Waals surface area (Å²) in [5.41, 5.74) is -0.525. The van der Waals surface area contributed by atoms with Gasteiger partial charge in [0.25, 0.3) is 0 Å². The van der Waals surface area contributed by atoms with Crippen molar-refractivity contribution in [2.75, 3.05) is 13.2 Å². The van der Waals surface area contributed by atoms with Crippen LogP contribution in [0.3, 0.4) is 0 Å². The Labute approximate surface area is 105 Å². The molecule has 1 fully saturated rings. The van der Waals surface area contributed by atoms with Crippen molar-refractivity contribution >= 4 is 0 Å². The molecule has 3 nitrogen and oxygen atoms in total. The van der Waals surface area contributed by atoms with E-state index in [2.05, 4.69) is 5.32 Å². The second kappa shape index (κ2) is 5.30. The van der Waals surface area contributed by atoms with Crippen LogP contribution in [0.25, 0.3) is 0 Å². The highest BCUT2D eigenvalue weighted by atomic mass is 19.1. The highest BCUT2D eigenvalue weighted by Gasteiger charge is 2.38. The third-order valence-electron chi connectivity index (χ3n) is 3.42. The van der Waals surface area contributed by atoms with E-state index in [0.717, 1.165) is 6.07 Å². The molecule has 0 aromatic heterocycles. The summed E-state index contributed by atoms with van der Waals surface area (Å²) in [5, 5.41) is 13.2. The van der Waals surface area contributed by atoms with Crippen LogP contribution in [0.15, 0.2) is 18.2 Å². The summed E-state index contributed by atoms with van der Waals surface area (Å²) >= 11 is 0. The van der Waals surface area contributed by atoms with Crippen molar-refractivity contribution < 1.29 is 18.6 Å². The molecule has 1 aliphatic heterocycles. The maximum Gasteiger partial charge on any atom is 0.130 e. The predicted octanol–water partition coefficient (Wildman–Crippen LogP) is 1.59. The summed E-state index contributed by atoms with van der Waals surface area (Å²) in [5.74, 6) is -1.17. The van der Waals surface area contributed by atoms with Gasteiger partial charge in [-0.05, 0) is 13.0 Å². The van der Waals surface area contributed by atoms with Crippen LogP contribution in [0.1, 0.15) is 18.9 Å². The lowest BCUT2D eigenvalue weighted by Gasteiger charge is -2.26. The van der Waals surface area contributed by atoms with Gasteiger partial charge >= 0.3 is 0 Å². The fourth-order valence-electron chi connectivity index (χ4n) is 2.08. The first-order valence-corrected chi connectivity index (χ1v) is 6.00. The van der Waals surface area contributed by atoms with E-state index in [-0.39, 0.29) is 12.6 Å². The normalized spacial score (nSPS) is 27.7. The number of benzene rings is 1. The highest BCUT2D eigenvalue weighted by molar-refractivity contribution is 5.18. The molecule has 0 aliphatic carbocycles. The minimum absolute atomic E-state index is 0.233. The molecule has 0 spiro atoms. The Morgan fingerprint density at radius 2 is 2.28 bits per heavy atom. The van der Waals surface area contributed by atoms with Crippen molar-refractivity contribution in [1.29, 1.82) is 0 Å². The van der Waals surface area contributed by atoms with Gasteiger partial charge in [-0.1, -0.05) is 6.07 Å². The highest BCUT2D eigenvalue weighted by Crippen LogP contribution is 2.24. The lowest BCUT2D eigenvalue weighted by molar-refractivity contribution is -0.0263. The third-order valence-corrected chi connectivity index (χ3v) is 3.42.